The summed E-state index contributed by atoms with van der Waals surface area (Å²) in [4.78, 5) is 0. The Labute approximate surface area is 166 Å². The zero-order valence-corrected chi connectivity index (χ0v) is 15.9. The van der Waals surface area contributed by atoms with Crippen LogP contribution in [-0.2, 0) is 12.8 Å². The maximum Gasteiger partial charge on any atom is 0.0330 e. The first-order valence-corrected chi connectivity index (χ1v) is 9.57. The standard InChI is InChI=1S/C28H22/c1-3-11-23-24-16-8-9-17-25(24)26(12-4-2)28-22(15-10-18-27(23)28)20-19-21-13-6-5-7-14-21/h3-10,13-18H,1-2,11-12H2. The zero-order valence-electron chi connectivity index (χ0n) is 15.9. The van der Waals surface area contributed by atoms with Crippen LogP contribution in [0.3, 0.4) is 0 Å². The molecule has 0 atom stereocenters. The van der Waals surface area contributed by atoms with Gasteiger partial charge in [-0.15, -0.1) is 13.2 Å². The molecule has 0 heterocycles. The lowest BCUT2D eigenvalue weighted by Crippen LogP contribution is -1.97. The molecule has 0 fully saturated rings. The van der Waals surface area contributed by atoms with E-state index in [4.69, 9.17) is 0 Å². The molecule has 0 heteroatoms. The van der Waals surface area contributed by atoms with E-state index in [1.54, 1.807) is 0 Å². The van der Waals surface area contributed by atoms with Gasteiger partial charge in [0.15, 0.2) is 0 Å². The number of benzene rings is 4. The number of rotatable bonds is 4. The van der Waals surface area contributed by atoms with Gasteiger partial charge in [-0.25, -0.2) is 0 Å². The summed E-state index contributed by atoms with van der Waals surface area (Å²) in [6.07, 6.45) is 5.61. The van der Waals surface area contributed by atoms with E-state index in [2.05, 4.69) is 67.5 Å². The molecule has 0 amide bonds. The first-order chi connectivity index (χ1) is 13.8. The molecule has 0 spiro atoms. The van der Waals surface area contributed by atoms with Gasteiger partial charge < -0.3 is 0 Å². The molecule has 0 nitrogen and oxygen atoms in total. The van der Waals surface area contributed by atoms with Crippen LogP contribution in [0.4, 0.5) is 0 Å². The number of hydrogen-bond acceptors (Lipinski definition) is 0. The van der Waals surface area contributed by atoms with Crippen molar-refractivity contribution in [3.8, 4) is 11.8 Å². The Balaban J connectivity index is 2.09. The summed E-state index contributed by atoms with van der Waals surface area (Å²) in [6, 6.07) is 25.2. The van der Waals surface area contributed by atoms with Crippen LogP contribution in [0.1, 0.15) is 22.3 Å². The van der Waals surface area contributed by atoms with Gasteiger partial charge in [-0.1, -0.05) is 78.6 Å². The summed E-state index contributed by atoms with van der Waals surface area (Å²) in [5, 5.41) is 5.07. The molecule has 0 saturated carbocycles. The maximum absolute atomic E-state index is 4.00. The molecule has 0 unspecified atom stereocenters. The molecule has 134 valence electrons. The molecule has 0 bridgehead atoms. The summed E-state index contributed by atoms with van der Waals surface area (Å²) in [5.41, 5.74) is 4.70. The van der Waals surface area contributed by atoms with Crippen molar-refractivity contribution in [3.63, 3.8) is 0 Å². The molecule has 0 aromatic heterocycles. The van der Waals surface area contributed by atoms with Gasteiger partial charge in [0.25, 0.3) is 0 Å². The van der Waals surface area contributed by atoms with Gasteiger partial charge in [0.05, 0.1) is 0 Å². The molecule has 0 radical (unpaired) electrons. The Kier molecular flexibility index (Phi) is 5.09. The Hall–Kier alpha value is -3.56. The third-order valence-electron chi connectivity index (χ3n) is 5.08. The Morgan fingerprint density at radius 3 is 1.93 bits per heavy atom. The number of hydrogen-bond donors (Lipinski definition) is 0. The topological polar surface area (TPSA) is 0 Å². The average molecular weight is 358 g/mol. The smallest absolute Gasteiger partial charge is 0.0330 e. The van der Waals surface area contributed by atoms with Crippen LogP contribution >= 0.6 is 0 Å². The fraction of sp³-hybridized carbons (Fsp3) is 0.0714. The van der Waals surface area contributed by atoms with Crippen molar-refractivity contribution in [1.82, 2.24) is 0 Å². The SMILES string of the molecule is C=CCc1c2ccccc2c(CC=C)c2c(C#Cc3ccccc3)cccc12. The lowest BCUT2D eigenvalue weighted by molar-refractivity contribution is 1.30. The van der Waals surface area contributed by atoms with Crippen LogP contribution in [0, 0.1) is 11.8 Å². The minimum absolute atomic E-state index is 0.815. The van der Waals surface area contributed by atoms with Crippen molar-refractivity contribution in [2.75, 3.05) is 0 Å². The fourth-order valence-electron chi connectivity index (χ4n) is 3.90. The van der Waals surface area contributed by atoms with Crippen molar-refractivity contribution in [1.29, 1.82) is 0 Å². The van der Waals surface area contributed by atoms with Crippen LogP contribution < -0.4 is 0 Å². The lowest BCUT2D eigenvalue weighted by atomic mass is 9.87. The molecule has 0 aliphatic heterocycles. The minimum atomic E-state index is 0.815. The molecule has 0 aliphatic rings. The highest BCUT2D eigenvalue weighted by atomic mass is 14.2. The van der Waals surface area contributed by atoms with E-state index in [-0.39, 0.29) is 0 Å². The van der Waals surface area contributed by atoms with Gasteiger partial charge >= 0.3 is 0 Å². The third-order valence-corrected chi connectivity index (χ3v) is 5.08. The molecule has 0 saturated heterocycles. The molecular weight excluding hydrogens is 336 g/mol. The van der Waals surface area contributed by atoms with Gasteiger partial charge in [0.1, 0.15) is 0 Å². The minimum Gasteiger partial charge on any atom is -0.103 e. The molecular formula is C28H22. The predicted molar refractivity (Wildman–Crippen MR) is 122 cm³/mol. The highest BCUT2D eigenvalue weighted by Gasteiger charge is 2.14. The fourth-order valence-corrected chi connectivity index (χ4v) is 3.90. The second-order valence-electron chi connectivity index (χ2n) is 6.83. The second-order valence-corrected chi connectivity index (χ2v) is 6.83. The first-order valence-electron chi connectivity index (χ1n) is 9.57. The van der Waals surface area contributed by atoms with E-state index >= 15 is 0 Å². The van der Waals surface area contributed by atoms with E-state index in [9.17, 15) is 0 Å². The Morgan fingerprint density at radius 1 is 0.607 bits per heavy atom. The first kappa shape index (κ1) is 17.8. The largest absolute Gasteiger partial charge is 0.103 e. The lowest BCUT2D eigenvalue weighted by Gasteiger charge is -2.16. The van der Waals surface area contributed by atoms with Crippen LogP contribution in [0.15, 0.2) is 98.1 Å². The summed E-state index contributed by atoms with van der Waals surface area (Å²) in [7, 11) is 0. The quantitative estimate of drug-likeness (QED) is 0.213. The normalized spacial score (nSPS) is 10.4. The Morgan fingerprint density at radius 2 is 1.21 bits per heavy atom. The molecule has 28 heavy (non-hydrogen) atoms. The van der Waals surface area contributed by atoms with Crippen molar-refractivity contribution in [2.24, 2.45) is 0 Å². The summed E-state index contributed by atoms with van der Waals surface area (Å²) in [6.45, 7) is 7.98. The summed E-state index contributed by atoms with van der Waals surface area (Å²) in [5.74, 6) is 6.75. The van der Waals surface area contributed by atoms with Crippen LogP contribution in [0.2, 0.25) is 0 Å². The van der Waals surface area contributed by atoms with E-state index < -0.39 is 0 Å². The van der Waals surface area contributed by atoms with Gasteiger partial charge in [-0.3, -0.25) is 0 Å². The molecule has 0 N–H and O–H groups in total. The molecule has 4 aromatic rings. The number of allylic oxidation sites excluding steroid dienone is 2. The molecule has 0 aliphatic carbocycles. The van der Waals surface area contributed by atoms with Crippen LogP contribution in [0.25, 0.3) is 21.5 Å². The highest BCUT2D eigenvalue weighted by molar-refractivity contribution is 6.08. The molecule has 4 aromatic carbocycles. The zero-order chi connectivity index (χ0) is 19.3. The monoisotopic (exact) mass is 358 g/mol. The van der Waals surface area contributed by atoms with Crippen molar-refractivity contribution in [2.45, 2.75) is 12.8 Å². The van der Waals surface area contributed by atoms with Crippen molar-refractivity contribution < 1.29 is 0 Å². The van der Waals surface area contributed by atoms with E-state index in [1.807, 2.05) is 42.5 Å². The summed E-state index contributed by atoms with van der Waals surface area (Å²) < 4.78 is 0. The average Bonchev–Trinajstić information content (AvgIpc) is 2.75. The number of fused-ring (bicyclic) bond motifs is 2. The summed E-state index contributed by atoms with van der Waals surface area (Å²) >= 11 is 0. The van der Waals surface area contributed by atoms with Crippen LogP contribution in [-0.4, -0.2) is 0 Å². The third kappa shape index (κ3) is 3.24. The van der Waals surface area contributed by atoms with Gasteiger partial charge in [0.2, 0.25) is 0 Å². The van der Waals surface area contributed by atoms with Crippen molar-refractivity contribution in [3.05, 3.63) is 120 Å². The van der Waals surface area contributed by atoms with Crippen LogP contribution in [0.5, 0.6) is 0 Å². The van der Waals surface area contributed by atoms with Gasteiger partial charge in [-0.05, 0) is 58.3 Å². The van der Waals surface area contributed by atoms with E-state index in [1.165, 1.54) is 32.7 Å². The molecule has 4 rings (SSSR count). The highest BCUT2D eigenvalue weighted by Crippen LogP contribution is 2.35. The van der Waals surface area contributed by atoms with Gasteiger partial charge in [0, 0.05) is 16.5 Å². The second kappa shape index (κ2) is 7.99. The van der Waals surface area contributed by atoms with E-state index in [0.717, 1.165) is 24.0 Å². The Bertz CT molecular complexity index is 1230. The van der Waals surface area contributed by atoms with Crippen molar-refractivity contribution >= 4 is 21.5 Å². The van der Waals surface area contributed by atoms with Gasteiger partial charge in [-0.2, -0.15) is 0 Å². The maximum atomic E-state index is 4.00. The predicted octanol–water partition coefficient (Wildman–Crippen LogP) is 6.85. The van der Waals surface area contributed by atoms with E-state index in [0.29, 0.717) is 0 Å².